The molecular weight excluding hydrogens is 312 g/mol. The Kier molecular flexibility index (Phi) is 4.49. The first-order valence-electron chi connectivity index (χ1n) is 5.43. The SMILES string of the molecule is C[S@](=O)c1ccc(CNc2cc(Br)ccn2)cc1. The zero-order valence-electron chi connectivity index (χ0n) is 9.89. The van der Waals surface area contributed by atoms with E-state index in [1.807, 2.05) is 36.4 Å². The molecule has 5 heteroatoms. The van der Waals surface area contributed by atoms with Crippen molar-refractivity contribution in [2.24, 2.45) is 0 Å². The molecule has 0 aliphatic carbocycles. The number of hydrogen-bond donors (Lipinski definition) is 1. The molecule has 0 saturated heterocycles. The Balaban J connectivity index is 2.00. The fourth-order valence-corrected chi connectivity index (χ4v) is 2.35. The number of rotatable bonds is 4. The van der Waals surface area contributed by atoms with E-state index in [-0.39, 0.29) is 0 Å². The highest BCUT2D eigenvalue weighted by Crippen LogP contribution is 2.14. The quantitative estimate of drug-likeness (QED) is 0.939. The van der Waals surface area contributed by atoms with Crippen LogP contribution in [-0.4, -0.2) is 15.4 Å². The molecule has 3 nitrogen and oxygen atoms in total. The number of hydrogen-bond acceptors (Lipinski definition) is 3. The highest BCUT2D eigenvalue weighted by Gasteiger charge is 1.99. The normalized spacial score (nSPS) is 12.1. The van der Waals surface area contributed by atoms with Crippen molar-refractivity contribution < 1.29 is 4.21 Å². The van der Waals surface area contributed by atoms with Crippen LogP contribution in [0.5, 0.6) is 0 Å². The van der Waals surface area contributed by atoms with E-state index in [0.717, 1.165) is 20.7 Å². The molecule has 1 N–H and O–H groups in total. The van der Waals surface area contributed by atoms with Gasteiger partial charge in [-0.25, -0.2) is 4.98 Å². The van der Waals surface area contributed by atoms with Crippen LogP contribution >= 0.6 is 15.9 Å². The molecule has 0 amide bonds. The molecule has 2 aromatic rings. The molecule has 94 valence electrons. The van der Waals surface area contributed by atoms with Crippen molar-refractivity contribution in [3.8, 4) is 0 Å². The Labute approximate surface area is 117 Å². The van der Waals surface area contributed by atoms with Crippen LogP contribution in [0.4, 0.5) is 5.82 Å². The van der Waals surface area contributed by atoms with Gasteiger partial charge in [0.05, 0.1) is 0 Å². The zero-order valence-corrected chi connectivity index (χ0v) is 12.3. The van der Waals surface area contributed by atoms with E-state index in [2.05, 4.69) is 26.2 Å². The lowest BCUT2D eigenvalue weighted by Gasteiger charge is -2.06. The van der Waals surface area contributed by atoms with Crippen LogP contribution in [0.3, 0.4) is 0 Å². The average Bonchev–Trinajstić information content (AvgIpc) is 2.37. The Bertz CT molecular complexity index is 557. The van der Waals surface area contributed by atoms with Crippen molar-refractivity contribution in [2.75, 3.05) is 11.6 Å². The second-order valence-electron chi connectivity index (χ2n) is 3.81. The summed E-state index contributed by atoms with van der Waals surface area (Å²) in [5.41, 5.74) is 1.13. The van der Waals surface area contributed by atoms with Crippen LogP contribution < -0.4 is 5.32 Å². The summed E-state index contributed by atoms with van der Waals surface area (Å²) in [7, 11) is -0.919. The lowest BCUT2D eigenvalue weighted by Crippen LogP contribution is -2.01. The van der Waals surface area contributed by atoms with Gasteiger partial charge in [0.2, 0.25) is 0 Å². The van der Waals surface area contributed by atoms with Crippen molar-refractivity contribution in [2.45, 2.75) is 11.4 Å². The fourth-order valence-electron chi connectivity index (χ4n) is 1.49. The van der Waals surface area contributed by atoms with Gasteiger partial charge >= 0.3 is 0 Å². The summed E-state index contributed by atoms with van der Waals surface area (Å²) in [6, 6.07) is 11.5. The van der Waals surface area contributed by atoms with E-state index in [0.29, 0.717) is 6.54 Å². The summed E-state index contributed by atoms with van der Waals surface area (Å²) < 4.78 is 12.3. The number of halogens is 1. The molecule has 0 radical (unpaired) electrons. The van der Waals surface area contributed by atoms with Gasteiger partial charge in [0.15, 0.2) is 0 Å². The molecule has 2 rings (SSSR count). The summed E-state index contributed by atoms with van der Waals surface area (Å²) in [4.78, 5) is 5.06. The summed E-state index contributed by atoms with van der Waals surface area (Å²) in [5.74, 6) is 0.826. The van der Waals surface area contributed by atoms with Crippen molar-refractivity contribution in [1.29, 1.82) is 0 Å². The first-order chi connectivity index (χ1) is 8.65. The van der Waals surface area contributed by atoms with E-state index in [4.69, 9.17) is 0 Å². The first-order valence-corrected chi connectivity index (χ1v) is 7.78. The van der Waals surface area contributed by atoms with Crippen molar-refractivity contribution in [3.05, 3.63) is 52.6 Å². The van der Waals surface area contributed by atoms with Crippen LogP contribution in [-0.2, 0) is 17.3 Å². The van der Waals surface area contributed by atoms with Crippen LogP contribution in [0.25, 0.3) is 0 Å². The molecular formula is C13H13BrN2OS. The molecule has 0 aliphatic heterocycles. The third kappa shape index (κ3) is 3.65. The predicted molar refractivity (Wildman–Crippen MR) is 78.0 cm³/mol. The van der Waals surface area contributed by atoms with E-state index in [1.54, 1.807) is 12.5 Å². The Morgan fingerprint density at radius 1 is 1.28 bits per heavy atom. The molecule has 0 aliphatic rings. The van der Waals surface area contributed by atoms with Crippen molar-refractivity contribution in [1.82, 2.24) is 4.98 Å². The Morgan fingerprint density at radius 3 is 2.61 bits per heavy atom. The molecule has 0 spiro atoms. The molecule has 0 bridgehead atoms. The van der Waals surface area contributed by atoms with Gasteiger partial charge in [-0.15, -0.1) is 0 Å². The van der Waals surface area contributed by atoms with Gasteiger partial charge in [-0.2, -0.15) is 0 Å². The second kappa shape index (κ2) is 6.11. The molecule has 0 saturated carbocycles. The van der Waals surface area contributed by atoms with Crippen LogP contribution in [0.2, 0.25) is 0 Å². The standard InChI is InChI=1S/C13H13BrN2OS/c1-18(17)12-4-2-10(3-5-12)9-16-13-8-11(14)6-7-15-13/h2-8H,9H2,1H3,(H,15,16)/t18-/m0/s1. The molecule has 1 heterocycles. The van der Waals surface area contributed by atoms with E-state index < -0.39 is 10.8 Å². The second-order valence-corrected chi connectivity index (χ2v) is 6.11. The number of aromatic nitrogens is 1. The zero-order chi connectivity index (χ0) is 13.0. The summed E-state index contributed by atoms with van der Waals surface area (Å²) in [6.07, 6.45) is 3.43. The molecule has 1 aromatic heterocycles. The number of nitrogens with zero attached hydrogens (tertiary/aromatic N) is 1. The number of anilines is 1. The topological polar surface area (TPSA) is 42.0 Å². The maximum absolute atomic E-state index is 11.3. The Morgan fingerprint density at radius 2 is 2.00 bits per heavy atom. The van der Waals surface area contributed by atoms with Crippen LogP contribution in [0, 0.1) is 0 Å². The molecule has 0 unspecified atom stereocenters. The maximum Gasteiger partial charge on any atom is 0.127 e. The molecule has 1 atom stereocenters. The minimum absolute atomic E-state index is 0.695. The van der Waals surface area contributed by atoms with E-state index in [9.17, 15) is 4.21 Å². The average molecular weight is 325 g/mol. The monoisotopic (exact) mass is 324 g/mol. The van der Waals surface area contributed by atoms with Crippen LogP contribution in [0.15, 0.2) is 52.0 Å². The maximum atomic E-state index is 11.3. The van der Waals surface area contributed by atoms with Gasteiger partial charge in [0.1, 0.15) is 5.82 Å². The predicted octanol–water partition coefficient (Wildman–Crippen LogP) is 3.19. The highest BCUT2D eigenvalue weighted by atomic mass is 79.9. The molecule has 1 aromatic carbocycles. The van der Waals surface area contributed by atoms with Gasteiger partial charge in [-0.05, 0) is 29.8 Å². The van der Waals surface area contributed by atoms with E-state index in [1.165, 1.54) is 0 Å². The summed E-state index contributed by atoms with van der Waals surface area (Å²) in [5, 5.41) is 3.23. The lowest BCUT2D eigenvalue weighted by atomic mass is 10.2. The van der Waals surface area contributed by atoms with Gasteiger partial charge < -0.3 is 5.32 Å². The van der Waals surface area contributed by atoms with Gasteiger partial charge in [0, 0.05) is 39.2 Å². The van der Waals surface area contributed by atoms with Gasteiger partial charge in [-0.1, -0.05) is 28.1 Å². The van der Waals surface area contributed by atoms with Crippen molar-refractivity contribution in [3.63, 3.8) is 0 Å². The van der Waals surface area contributed by atoms with E-state index >= 15 is 0 Å². The van der Waals surface area contributed by atoms with Gasteiger partial charge in [0.25, 0.3) is 0 Å². The highest BCUT2D eigenvalue weighted by molar-refractivity contribution is 9.10. The Hall–Kier alpha value is -1.20. The molecule has 0 fully saturated rings. The minimum atomic E-state index is -0.919. The fraction of sp³-hybridized carbons (Fsp3) is 0.154. The summed E-state index contributed by atoms with van der Waals surface area (Å²) in [6.45, 7) is 0.695. The minimum Gasteiger partial charge on any atom is -0.366 e. The molecule has 18 heavy (non-hydrogen) atoms. The third-order valence-corrected chi connectivity index (χ3v) is 3.88. The lowest BCUT2D eigenvalue weighted by molar-refractivity contribution is 0.687. The number of benzene rings is 1. The van der Waals surface area contributed by atoms with Crippen LogP contribution in [0.1, 0.15) is 5.56 Å². The first kappa shape index (κ1) is 13.2. The summed E-state index contributed by atoms with van der Waals surface area (Å²) >= 11 is 3.40. The van der Waals surface area contributed by atoms with Gasteiger partial charge in [-0.3, -0.25) is 4.21 Å². The third-order valence-electron chi connectivity index (χ3n) is 2.45. The number of pyridine rings is 1. The smallest absolute Gasteiger partial charge is 0.127 e. The van der Waals surface area contributed by atoms with Crippen molar-refractivity contribution >= 4 is 32.5 Å². The largest absolute Gasteiger partial charge is 0.366 e. The number of nitrogens with one attached hydrogen (secondary N) is 1.